The summed E-state index contributed by atoms with van der Waals surface area (Å²) < 4.78 is 26.9. The third-order valence-electron chi connectivity index (χ3n) is 7.69. The predicted octanol–water partition coefficient (Wildman–Crippen LogP) is 1.27. The summed E-state index contributed by atoms with van der Waals surface area (Å²) in [5.41, 5.74) is 9.40. The number of carbonyl (C=O) groups excluding carboxylic acids is 3. The maximum absolute atomic E-state index is 13.8. The Bertz CT molecular complexity index is 1290. The van der Waals surface area contributed by atoms with E-state index < -0.39 is 35.4 Å². The van der Waals surface area contributed by atoms with E-state index in [0.717, 1.165) is 21.7 Å². The number of ether oxygens (including phenoxy) is 5. The van der Waals surface area contributed by atoms with Crippen LogP contribution in [0.4, 0.5) is 0 Å². The molecule has 0 saturated carbocycles. The molecule has 1 aliphatic heterocycles. The van der Waals surface area contributed by atoms with Crippen LogP contribution in [0.3, 0.4) is 0 Å². The molecule has 0 spiro atoms. The van der Waals surface area contributed by atoms with Crippen molar-refractivity contribution in [1.29, 1.82) is 0 Å². The van der Waals surface area contributed by atoms with E-state index in [1.807, 2.05) is 57.5 Å². The molecule has 274 valence electrons. The lowest BCUT2D eigenvalue weighted by molar-refractivity contribution is -0.144. The average molecular weight is 708 g/mol. The standard InChI is InChI=1S/C34H53N5O9S/c1-24-30(49-23-37-24)26-7-5-25(6-8-26)20-36-32(42)28-19-27(40)21-39(28)33(43)31(34(2,3)4)38-29(41)22-48-18-17-47-16-15-46-14-13-45-12-11-44-10-9-35/h5-8,23,27-28,31,40H,9-22,35H2,1-4H3,(H,36,42)(H,38,41)/t27-,28+,31-/m1/s1. The van der Waals surface area contributed by atoms with Crippen LogP contribution in [0.1, 0.15) is 38.4 Å². The summed E-state index contributed by atoms with van der Waals surface area (Å²) in [5.74, 6) is -1.27. The minimum Gasteiger partial charge on any atom is -0.391 e. The first kappa shape index (κ1) is 40.4. The highest BCUT2D eigenvalue weighted by Crippen LogP contribution is 2.28. The number of nitrogens with two attached hydrogens (primary N) is 1. The molecule has 0 aliphatic carbocycles. The van der Waals surface area contributed by atoms with Gasteiger partial charge >= 0.3 is 0 Å². The van der Waals surface area contributed by atoms with Gasteiger partial charge < -0.3 is 50.1 Å². The van der Waals surface area contributed by atoms with Gasteiger partial charge in [0.2, 0.25) is 17.7 Å². The van der Waals surface area contributed by atoms with Crippen LogP contribution < -0.4 is 16.4 Å². The molecule has 1 saturated heterocycles. The van der Waals surface area contributed by atoms with Gasteiger partial charge in [0, 0.05) is 26.1 Å². The van der Waals surface area contributed by atoms with Crippen molar-refractivity contribution in [2.24, 2.45) is 11.1 Å². The maximum Gasteiger partial charge on any atom is 0.246 e. The molecule has 3 amide bonds. The van der Waals surface area contributed by atoms with Gasteiger partial charge in [-0.3, -0.25) is 14.4 Å². The number of likely N-dealkylation sites (tertiary alicyclic amines) is 1. The molecule has 15 heteroatoms. The van der Waals surface area contributed by atoms with Gasteiger partial charge in [0.15, 0.2) is 0 Å². The molecule has 0 radical (unpaired) electrons. The summed E-state index contributed by atoms with van der Waals surface area (Å²) in [6, 6.07) is 6.06. The lowest BCUT2D eigenvalue weighted by atomic mass is 9.85. The van der Waals surface area contributed by atoms with E-state index >= 15 is 0 Å². The summed E-state index contributed by atoms with van der Waals surface area (Å²) in [7, 11) is 0. The number of carbonyl (C=O) groups is 3. The Morgan fingerprint density at radius 3 is 2.06 bits per heavy atom. The van der Waals surface area contributed by atoms with E-state index in [9.17, 15) is 19.5 Å². The number of hydrogen-bond donors (Lipinski definition) is 4. The minimum atomic E-state index is -0.942. The van der Waals surface area contributed by atoms with Crippen molar-refractivity contribution in [2.45, 2.75) is 58.8 Å². The van der Waals surface area contributed by atoms with E-state index in [1.54, 1.807) is 11.3 Å². The van der Waals surface area contributed by atoms with Crippen LogP contribution >= 0.6 is 11.3 Å². The lowest BCUT2D eigenvalue weighted by Gasteiger charge is -2.35. The molecular weight excluding hydrogens is 654 g/mol. The first-order chi connectivity index (χ1) is 23.5. The Hall–Kier alpha value is -3.02. The number of nitrogens with zero attached hydrogens (tertiary/aromatic N) is 2. The van der Waals surface area contributed by atoms with Crippen molar-refractivity contribution in [3.05, 3.63) is 41.0 Å². The highest BCUT2D eigenvalue weighted by molar-refractivity contribution is 7.13. The zero-order valence-corrected chi connectivity index (χ0v) is 29.9. The summed E-state index contributed by atoms with van der Waals surface area (Å²) in [6.07, 6.45) is -0.745. The highest BCUT2D eigenvalue weighted by atomic mass is 32.1. The molecule has 2 heterocycles. The number of aliphatic hydroxyl groups is 1. The molecule has 1 fully saturated rings. The molecule has 49 heavy (non-hydrogen) atoms. The van der Waals surface area contributed by atoms with Gasteiger partial charge in [-0.2, -0.15) is 0 Å². The van der Waals surface area contributed by atoms with Crippen molar-refractivity contribution >= 4 is 29.1 Å². The second kappa shape index (κ2) is 21.3. The topological polar surface area (TPSA) is 184 Å². The smallest absolute Gasteiger partial charge is 0.246 e. The Kier molecular flexibility index (Phi) is 17.5. The molecule has 1 aromatic carbocycles. The Balaban J connectivity index is 1.38. The van der Waals surface area contributed by atoms with E-state index in [1.165, 1.54) is 4.90 Å². The van der Waals surface area contributed by atoms with Crippen LogP contribution in [0, 0.1) is 12.3 Å². The van der Waals surface area contributed by atoms with Crippen molar-refractivity contribution in [3.8, 4) is 10.4 Å². The number of aliphatic hydroxyl groups excluding tert-OH is 1. The summed E-state index contributed by atoms with van der Waals surface area (Å²) in [6.45, 7) is 11.6. The average Bonchev–Trinajstić information content (AvgIpc) is 3.68. The van der Waals surface area contributed by atoms with Crippen molar-refractivity contribution in [1.82, 2.24) is 20.5 Å². The Morgan fingerprint density at radius 1 is 0.959 bits per heavy atom. The largest absolute Gasteiger partial charge is 0.391 e. The van der Waals surface area contributed by atoms with Crippen LogP contribution in [-0.2, 0) is 44.6 Å². The van der Waals surface area contributed by atoms with Crippen LogP contribution in [0.2, 0.25) is 0 Å². The number of nitrogens with one attached hydrogen (secondary N) is 2. The fourth-order valence-corrected chi connectivity index (χ4v) is 5.92. The third-order valence-corrected chi connectivity index (χ3v) is 8.67. The van der Waals surface area contributed by atoms with Crippen molar-refractivity contribution in [2.75, 3.05) is 79.2 Å². The van der Waals surface area contributed by atoms with Gasteiger partial charge in [0.05, 0.1) is 81.6 Å². The molecule has 0 unspecified atom stereocenters. The predicted molar refractivity (Wildman–Crippen MR) is 185 cm³/mol. The van der Waals surface area contributed by atoms with E-state index in [0.29, 0.717) is 52.8 Å². The molecule has 3 atom stereocenters. The van der Waals surface area contributed by atoms with Crippen LogP contribution in [0.15, 0.2) is 29.8 Å². The summed E-state index contributed by atoms with van der Waals surface area (Å²) in [4.78, 5) is 46.6. The van der Waals surface area contributed by atoms with E-state index in [4.69, 9.17) is 29.4 Å². The molecule has 3 rings (SSSR count). The van der Waals surface area contributed by atoms with Gasteiger partial charge in [-0.05, 0) is 23.5 Å². The number of benzene rings is 1. The minimum absolute atomic E-state index is 0.00294. The zero-order valence-electron chi connectivity index (χ0n) is 29.1. The maximum atomic E-state index is 13.8. The number of amides is 3. The number of aromatic nitrogens is 1. The molecule has 1 aliphatic rings. The second-order valence-electron chi connectivity index (χ2n) is 12.7. The highest BCUT2D eigenvalue weighted by Gasteiger charge is 2.44. The Labute approximate surface area is 293 Å². The van der Waals surface area contributed by atoms with Gasteiger partial charge in [0.25, 0.3) is 0 Å². The molecule has 5 N–H and O–H groups in total. The monoisotopic (exact) mass is 707 g/mol. The SMILES string of the molecule is Cc1ncsc1-c1ccc(CNC(=O)[C@@H]2C[C@@H](O)CN2C(=O)[C@@H](NC(=O)COCCOCCOCCOCCOCCN)C(C)(C)C)cc1. The summed E-state index contributed by atoms with van der Waals surface area (Å²) >= 11 is 1.57. The van der Waals surface area contributed by atoms with Crippen molar-refractivity contribution < 1.29 is 43.2 Å². The molecule has 1 aromatic heterocycles. The molecular formula is C34H53N5O9S. The molecule has 0 bridgehead atoms. The molecule has 2 aromatic rings. The quantitative estimate of drug-likeness (QED) is 0.129. The van der Waals surface area contributed by atoms with E-state index in [-0.39, 0.29) is 45.2 Å². The van der Waals surface area contributed by atoms with Crippen LogP contribution in [-0.4, -0.2) is 130 Å². The molecule has 14 nitrogen and oxygen atoms in total. The first-order valence-electron chi connectivity index (χ1n) is 16.6. The zero-order chi connectivity index (χ0) is 35.6. The first-order valence-corrected chi connectivity index (χ1v) is 17.5. The number of thiazole rings is 1. The van der Waals surface area contributed by atoms with Gasteiger partial charge in [0.1, 0.15) is 18.7 Å². The normalized spacial score (nSPS) is 16.9. The number of hydrogen-bond acceptors (Lipinski definition) is 12. The van der Waals surface area contributed by atoms with Crippen LogP contribution in [0.5, 0.6) is 0 Å². The van der Waals surface area contributed by atoms with Crippen molar-refractivity contribution in [3.63, 3.8) is 0 Å². The number of rotatable bonds is 22. The van der Waals surface area contributed by atoms with E-state index in [2.05, 4.69) is 15.6 Å². The van der Waals surface area contributed by atoms with Gasteiger partial charge in [-0.15, -0.1) is 11.3 Å². The fraction of sp³-hybridized carbons (Fsp3) is 0.647. The summed E-state index contributed by atoms with van der Waals surface area (Å²) in [5, 5.41) is 16.1. The van der Waals surface area contributed by atoms with Gasteiger partial charge in [-0.25, -0.2) is 4.98 Å². The van der Waals surface area contributed by atoms with Gasteiger partial charge in [-0.1, -0.05) is 45.0 Å². The number of aryl methyl sites for hydroxylation is 1. The van der Waals surface area contributed by atoms with Crippen LogP contribution in [0.25, 0.3) is 10.4 Å². The lowest BCUT2D eigenvalue weighted by Crippen LogP contribution is -2.58. The number of β-amino-alcohol motifs (C(OH)–C–C–N with tert-alkyl or cyclic N) is 1. The Morgan fingerprint density at radius 2 is 1.53 bits per heavy atom. The fourth-order valence-electron chi connectivity index (χ4n) is 5.11. The third kappa shape index (κ3) is 14.0. The second-order valence-corrected chi connectivity index (χ2v) is 13.6.